The van der Waals surface area contributed by atoms with E-state index >= 15 is 0 Å². The fourth-order valence-corrected chi connectivity index (χ4v) is 2.26. The van der Waals surface area contributed by atoms with Crippen LogP contribution >= 0.6 is 28.1 Å². The monoisotopic (exact) mass is 375 g/mol. The molecule has 0 fully saturated rings. The zero-order valence-electron chi connectivity index (χ0n) is 12.6. The lowest BCUT2D eigenvalue weighted by Gasteiger charge is -2.23. The van der Waals surface area contributed by atoms with E-state index in [-0.39, 0.29) is 11.0 Å². The van der Waals surface area contributed by atoms with Crippen molar-refractivity contribution in [3.63, 3.8) is 0 Å². The van der Waals surface area contributed by atoms with E-state index in [1.165, 1.54) is 5.01 Å². The Kier molecular flexibility index (Phi) is 7.10. The molecule has 0 saturated heterocycles. The fourth-order valence-electron chi connectivity index (χ4n) is 1.84. The smallest absolute Gasteiger partial charge is 0.240 e. The normalized spacial score (nSPS) is 10.5. The molecule has 6 nitrogen and oxygen atoms in total. The van der Waals surface area contributed by atoms with Crippen LogP contribution in [-0.2, 0) is 11.3 Å². The van der Waals surface area contributed by atoms with Gasteiger partial charge in [0.2, 0.25) is 5.91 Å². The number of carbonyl (C=O) groups is 1. The highest BCUT2D eigenvalue weighted by Gasteiger charge is 2.13. The van der Waals surface area contributed by atoms with Gasteiger partial charge < -0.3 is 5.73 Å². The van der Waals surface area contributed by atoms with Crippen LogP contribution in [0.1, 0.15) is 37.6 Å². The molecule has 0 atom stereocenters. The number of aromatic nitrogens is 2. The van der Waals surface area contributed by atoms with Crippen molar-refractivity contribution in [3.8, 4) is 0 Å². The summed E-state index contributed by atoms with van der Waals surface area (Å²) in [4.78, 5) is 12.0. The van der Waals surface area contributed by atoms with Crippen LogP contribution in [0, 0.1) is 13.8 Å². The Morgan fingerprint density at radius 3 is 2.67 bits per heavy atom. The van der Waals surface area contributed by atoms with Crippen LogP contribution in [0.15, 0.2) is 4.47 Å². The first-order valence-electron chi connectivity index (χ1n) is 6.92. The van der Waals surface area contributed by atoms with E-state index in [2.05, 4.69) is 33.4 Å². The van der Waals surface area contributed by atoms with Crippen molar-refractivity contribution in [1.82, 2.24) is 20.2 Å². The lowest BCUT2D eigenvalue weighted by molar-refractivity contribution is -0.124. The van der Waals surface area contributed by atoms with Gasteiger partial charge in [-0.1, -0.05) is 13.3 Å². The maximum absolute atomic E-state index is 12.0. The van der Waals surface area contributed by atoms with Gasteiger partial charge in [0.25, 0.3) is 0 Å². The number of thiocarbonyl (C=S) groups is 1. The van der Waals surface area contributed by atoms with E-state index in [0.29, 0.717) is 19.5 Å². The molecule has 0 spiro atoms. The number of hydrogen-bond acceptors (Lipinski definition) is 3. The van der Waals surface area contributed by atoms with Crippen LogP contribution in [0.25, 0.3) is 0 Å². The van der Waals surface area contributed by atoms with Gasteiger partial charge in [-0.3, -0.25) is 19.9 Å². The second-order valence-corrected chi connectivity index (χ2v) is 6.05. The summed E-state index contributed by atoms with van der Waals surface area (Å²) in [6.45, 7) is 7.10. The van der Waals surface area contributed by atoms with Gasteiger partial charge in [-0.2, -0.15) is 5.10 Å². The van der Waals surface area contributed by atoms with E-state index in [1.807, 2.05) is 18.5 Å². The summed E-state index contributed by atoms with van der Waals surface area (Å²) in [5.41, 5.74) is 10.3. The van der Waals surface area contributed by atoms with Crippen molar-refractivity contribution in [2.24, 2.45) is 5.73 Å². The minimum absolute atomic E-state index is 0.123. The summed E-state index contributed by atoms with van der Waals surface area (Å²) in [5, 5.41) is 6.08. The van der Waals surface area contributed by atoms with E-state index < -0.39 is 0 Å². The Morgan fingerprint density at radius 1 is 1.52 bits per heavy atom. The highest BCUT2D eigenvalue weighted by molar-refractivity contribution is 9.10. The standard InChI is InChI=1S/C13H22BrN5OS/c1-4-5-7-19(13(15)21)17-11(20)6-8-18-10(3)12(14)9(2)16-18/h4-8H2,1-3H3,(H2,15,21)(H,17,20). The maximum Gasteiger partial charge on any atom is 0.240 e. The van der Waals surface area contributed by atoms with Crippen LogP contribution in [0.4, 0.5) is 0 Å². The Bertz CT molecular complexity index is 517. The first-order valence-corrected chi connectivity index (χ1v) is 8.12. The average Bonchev–Trinajstić information content (AvgIpc) is 2.68. The molecule has 0 aliphatic heterocycles. The zero-order chi connectivity index (χ0) is 16.0. The van der Waals surface area contributed by atoms with E-state index in [1.54, 1.807) is 0 Å². The number of halogens is 1. The lowest BCUT2D eigenvalue weighted by atomic mass is 10.3. The van der Waals surface area contributed by atoms with Crippen LogP contribution in [0.2, 0.25) is 0 Å². The summed E-state index contributed by atoms with van der Waals surface area (Å²) in [7, 11) is 0. The van der Waals surface area contributed by atoms with E-state index in [4.69, 9.17) is 18.0 Å². The Hall–Kier alpha value is -1.15. The number of nitrogens with one attached hydrogen (secondary N) is 1. The van der Waals surface area contributed by atoms with Crippen molar-refractivity contribution < 1.29 is 4.79 Å². The number of hydrazine groups is 1. The molecule has 3 N–H and O–H groups in total. The topological polar surface area (TPSA) is 76.2 Å². The fraction of sp³-hybridized carbons (Fsp3) is 0.615. The van der Waals surface area contributed by atoms with E-state index in [9.17, 15) is 4.79 Å². The van der Waals surface area contributed by atoms with Gasteiger partial charge in [0, 0.05) is 18.7 Å². The molecule has 8 heteroatoms. The van der Waals surface area contributed by atoms with Crippen LogP contribution in [-0.4, -0.2) is 32.4 Å². The number of amides is 1. The minimum atomic E-state index is -0.123. The number of aryl methyl sites for hydroxylation is 2. The highest BCUT2D eigenvalue weighted by Crippen LogP contribution is 2.19. The molecule has 0 bridgehead atoms. The summed E-state index contributed by atoms with van der Waals surface area (Å²) in [5.74, 6) is -0.123. The largest absolute Gasteiger partial charge is 0.375 e. The molecule has 1 heterocycles. The molecule has 118 valence electrons. The highest BCUT2D eigenvalue weighted by atomic mass is 79.9. The Morgan fingerprint density at radius 2 is 2.19 bits per heavy atom. The van der Waals surface area contributed by atoms with Crippen molar-refractivity contribution in [1.29, 1.82) is 0 Å². The Balaban J connectivity index is 2.52. The minimum Gasteiger partial charge on any atom is -0.375 e. The third kappa shape index (κ3) is 5.28. The number of rotatable bonds is 6. The average molecular weight is 376 g/mol. The molecule has 0 aromatic carbocycles. The second kappa shape index (κ2) is 8.33. The molecule has 1 aromatic rings. The molecule has 1 amide bonds. The number of hydrogen-bond donors (Lipinski definition) is 2. The van der Waals surface area contributed by atoms with Gasteiger partial charge in [0.05, 0.1) is 16.7 Å². The summed E-state index contributed by atoms with van der Waals surface area (Å²) >= 11 is 8.40. The number of nitrogens with two attached hydrogens (primary N) is 1. The van der Waals surface area contributed by atoms with Crippen molar-refractivity contribution in [2.75, 3.05) is 6.54 Å². The third-order valence-electron chi connectivity index (χ3n) is 3.10. The molecule has 0 aliphatic carbocycles. The van der Waals surface area contributed by atoms with Crippen molar-refractivity contribution in [2.45, 2.75) is 46.6 Å². The zero-order valence-corrected chi connectivity index (χ0v) is 15.1. The maximum atomic E-state index is 12.0. The van der Waals surface area contributed by atoms with Crippen LogP contribution in [0.5, 0.6) is 0 Å². The first-order chi connectivity index (χ1) is 9.86. The predicted octanol–water partition coefficient (Wildman–Crippen LogP) is 2.03. The molecule has 0 aliphatic rings. The Labute approximate surface area is 139 Å². The number of carbonyl (C=O) groups excluding carboxylic acids is 1. The van der Waals surface area contributed by atoms with Gasteiger partial charge >= 0.3 is 0 Å². The summed E-state index contributed by atoms with van der Waals surface area (Å²) < 4.78 is 2.80. The summed E-state index contributed by atoms with van der Waals surface area (Å²) in [6.07, 6.45) is 2.25. The summed E-state index contributed by atoms with van der Waals surface area (Å²) in [6, 6.07) is 0. The number of unbranched alkanes of at least 4 members (excludes halogenated alkanes) is 1. The van der Waals surface area contributed by atoms with Crippen LogP contribution < -0.4 is 11.2 Å². The first kappa shape index (κ1) is 17.9. The van der Waals surface area contributed by atoms with Gasteiger partial charge in [-0.15, -0.1) is 0 Å². The van der Waals surface area contributed by atoms with Gasteiger partial charge in [-0.05, 0) is 48.4 Å². The van der Waals surface area contributed by atoms with E-state index in [0.717, 1.165) is 28.7 Å². The number of nitrogens with zero attached hydrogens (tertiary/aromatic N) is 3. The molecule has 0 unspecified atom stereocenters. The SMILES string of the molecule is CCCCN(NC(=O)CCn1nc(C)c(Br)c1C)C(N)=S. The van der Waals surface area contributed by atoms with Gasteiger partial charge in [0.15, 0.2) is 5.11 Å². The van der Waals surface area contributed by atoms with Crippen molar-refractivity contribution in [3.05, 3.63) is 15.9 Å². The second-order valence-electron chi connectivity index (χ2n) is 4.84. The molecule has 21 heavy (non-hydrogen) atoms. The van der Waals surface area contributed by atoms with Gasteiger partial charge in [-0.25, -0.2) is 0 Å². The van der Waals surface area contributed by atoms with Crippen molar-refractivity contribution >= 4 is 39.2 Å². The molecular weight excluding hydrogens is 354 g/mol. The molecule has 0 radical (unpaired) electrons. The third-order valence-corrected chi connectivity index (χ3v) is 4.47. The quantitative estimate of drug-likeness (QED) is 0.587. The molecule has 1 rings (SSSR count). The molecule has 0 saturated carbocycles. The predicted molar refractivity (Wildman–Crippen MR) is 90.6 cm³/mol. The van der Waals surface area contributed by atoms with Crippen LogP contribution in [0.3, 0.4) is 0 Å². The van der Waals surface area contributed by atoms with Gasteiger partial charge in [0.1, 0.15) is 0 Å². The molecular formula is C13H22BrN5OS. The molecule has 1 aromatic heterocycles. The lowest BCUT2D eigenvalue weighted by Crippen LogP contribution is -2.49.